The molecule has 0 aromatic carbocycles. The van der Waals surface area contributed by atoms with E-state index < -0.39 is 0 Å². The van der Waals surface area contributed by atoms with E-state index in [9.17, 15) is 0 Å². The molecule has 1 N–H and O–H groups in total. The van der Waals surface area contributed by atoms with Crippen LogP contribution in [0.15, 0.2) is 5.03 Å². The smallest absolute Gasteiger partial charge is 0.165 e. The molecule has 3 nitrogen and oxygen atoms in total. The fraction of sp³-hybridized carbons (Fsp3) is 0.500. The molecule has 0 unspecified atom stereocenters. The third-order valence-electron chi connectivity index (χ3n) is 0.859. The van der Waals surface area contributed by atoms with E-state index in [0.29, 0.717) is 5.03 Å². The molecular formula is C4H6N3S2. The van der Waals surface area contributed by atoms with Gasteiger partial charge in [0.25, 0.3) is 0 Å². The van der Waals surface area contributed by atoms with Crippen molar-refractivity contribution in [2.45, 2.75) is 11.6 Å². The van der Waals surface area contributed by atoms with Crippen LogP contribution in [0.1, 0.15) is 4.88 Å². The molecule has 0 aliphatic rings. The van der Waals surface area contributed by atoms with Gasteiger partial charge in [0, 0.05) is 6.54 Å². The number of hydrogen-bond donors (Lipinski definition) is 1. The lowest BCUT2D eigenvalue weighted by Gasteiger charge is -1.89. The highest BCUT2D eigenvalue weighted by Gasteiger charge is 2.01. The monoisotopic (exact) mass is 160 g/mol. The summed E-state index contributed by atoms with van der Waals surface area (Å²) in [5.74, 6) is 0. The molecule has 0 aliphatic carbocycles. The van der Waals surface area contributed by atoms with Crippen LogP contribution in [-0.2, 0) is 6.54 Å². The normalized spacial score (nSPS) is 9.89. The molecular weight excluding hydrogens is 154 g/mol. The standard InChI is InChI=1S/C4H6N3S2/c1-5-2-3-4(8)6-7-9-3/h5H,2H2,1H3. The molecule has 0 fully saturated rings. The lowest BCUT2D eigenvalue weighted by Crippen LogP contribution is -2.03. The van der Waals surface area contributed by atoms with Crippen LogP contribution in [-0.4, -0.2) is 16.6 Å². The molecule has 1 rings (SSSR count). The molecule has 1 heterocycles. The lowest BCUT2D eigenvalue weighted by atomic mass is 10.5. The van der Waals surface area contributed by atoms with Gasteiger partial charge < -0.3 is 5.32 Å². The highest BCUT2D eigenvalue weighted by atomic mass is 32.1. The topological polar surface area (TPSA) is 37.8 Å². The summed E-state index contributed by atoms with van der Waals surface area (Å²) in [5, 5.41) is 7.27. The fourth-order valence-corrected chi connectivity index (χ4v) is 1.30. The second-order valence-electron chi connectivity index (χ2n) is 1.53. The predicted octanol–water partition coefficient (Wildman–Crippen LogP) is 0.814. The quantitative estimate of drug-likeness (QED) is 0.696. The fourth-order valence-electron chi connectivity index (χ4n) is 0.470. The molecule has 5 heteroatoms. The zero-order valence-electron chi connectivity index (χ0n) is 4.92. The molecule has 1 aromatic rings. The predicted molar refractivity (Wildman–Crippen MR) is 38.5 cm³/mol. The molecule has 0 bridgehead atoms. The van der Waals surface area contributed by atoms with Crippen molar-refractivity contribution in [3.05, 3.63) is 4.88 Å². The van der Waals surface area contributed by atoms with Crippen LogP contribution >= 0.6 is 24.2 Å². The van der Waals surface area contributed by atoms with E-state index in [1.165, 1.54) is 11.5 Å². The summed E-state index contributed by atoms with van der Waals surface area (Å²) in [5.41, 5.74) is 0. The Morgan fingerprint density at radius 1 is 1.78 bits per heavy atom. The zero-order chi connectivity index (χ0) is 6.69. The number of hydrogen-bond acceptors (Lipinski definition) is 4. The first-order valence-electron chi connectivity index (χ1n) is 2.47. The van der Waals surface area contributed by atoms with Crippen LogP contribution in [0.3, 0.4) is 0 Å². The Balaban J connectivity index is 2.69. The van der Waals surface area contributed by atoms with Gasteiger partial charge in [-0.1, -0.05) is 17.1 Å². The summed E-state index contributed by atoms with van der Waals surface area (Å²) in [6.07, 6.45) is 0. The Morgan fingerprint density at radius 2 is 2.56 bits per heavy atom. The van der Waals surface area contributed by atoms with Gasteiger partial charge in [0.1, 0.15) is 0 Å². The highest BCUT2D eigenvalue weighted by molar-refractivity contribution is 7.80. The van der Waals surface area contributed by atoms with Gasteiger partial charge in [0.05, 0.1) is 4.88 Å². The Morgan fingerprint density at radius 3 is 3.00 bits per heavy atom. The van der Waals surface area contributed by atoms with Gasteiger partial charge in [0.2, 0.25) is 0 Å². The zero-order valence-corrected chi connectivity index (χ0v) is 6.55. The van der Waals surface area contributed by atoms with Gasteiger partial charge >= 0.3 is 0 Å². The van der Waals surface area contributed by atoms with Crippen LogP contribution in [0.4, 0.5) is 0 Å². The Bertz CT molecular complexity index is 186. The maximum absolute atomic E-state index is 4.85. The van der Waals surface area contributed by atoms with E-state index in [0.717, 1.165) is 11.4 Å². The van der Waals surface area contributed by atoms with Gasteiger partial charge in [-0.25, -0.2) is 0 Å². The average molecular weight is 160 g/mol. The van der Waals surface area contributed by atoms with E-state index in [-0.39, 0.29) is 0 Å². The van der Waals surface area contributed by atoms with Crippen LogP contribution in [0.25, 0.3) is 0 Å². The van der Waals surface area contributed by atoms with Gasteiger partial charge in [-0.2, -0.15) is 0 Å². The minimum absolute atomic E-state index is 0.620. The third kappa shape index (κ3) is 1.57. The number of rotatable bonds is 2. The third-order valence-corrected chi connectivity index (χ3v) is 2.04. The van der Waals surface area contributed by atoms with Crippen molar-refractivity contribution in [2.75, 3.05) is 7.05 Å². The molecule has 0 aliphatic heterocycles. The number of aromatic nitrogens is 2. The van der Waals surface area contributed by atoms with Crippen molar-refractivity contribution in [3.8, 4) is 0 Å². The van der Waals surface area contributed by atoms with Gasteiger partial charge in [0.15, 0.2) is 5.03 Å². The maximum Gasteiger partial charge on any atom is 0.165 e. The molecule has 0 saturated carbocycles. The Kier molecular flexibility index (Phi) is 2.32. The molecule has 0 saturated heterocycles. The first-order chi connectivity index (χ1) is 4.34. The second-order valence-corrected chi connectivity index (χ2v) is 2.76. The maximum atomic E-state index is 4.85. The SMILES string of the molecule is CNCc1snnc1[S]. The second kappa shape index (κ2) is 3.05. The summed E-state index contributed by atoms with van der Waals surface area (Å²) >= 11 is 6.19. The first-order valence-corrected chi connectivity index (χ1v) is 3.65. The molecule has 0 atom stereocenters. The van der Waals surface area contributed by atoms with E-state index in [2.05, 4.69) is 14.9 Å². The van der Waals surface area contributed by atoms with Crippen molar-refractivity contribution in [1.82, 2.24) is 14.9 Å². The minimum Gasteiger partial charge on any atom is -0.315 e. The van der Waals surface area contributed by atoms with Crippen molar-refractivity contribution in [2.24, 2.45) is 0 Å². The first kappa shape index (κ1) is 6.85. The van der Waals surface area contributed by atoms with E-state index in [1.807, 2.05) is 7.05 Å². The van der Waals surface area contributed by atoms with Crippen LogP contribution in [0, 0.1) is 0 Å². The molecule has 1 aromatic heterocycles. The Labute approximate surface area is 63.1 Å². The van der Waals surface area contributed by atoms with Crippen molar-refractivity contribution in [1.29, 1.82) is 0 Å². The summed E-state index contributed by atoms with van der Waals surface area (Å²) in [6.45, 7) is 0.774. The Hall–Kier alpha value is -0.260. The van der Waals surface area contributed by atoms with Crippen LogP contribution in [0.5, 0.6) is 0 Å². The summed E-state index contributed by atoms with van der Waals surface area (Å²) in [6, 6.07) is 0. The lowest BCUT2D eigenvalue weighted by molar-refractivity contribution is 0.809. The molecule has 9 heavy (non-hydrogen) atoms. The highest BCUT2D eigenvalue weighted by Crippen LogP contribution is 2.12. The van der Waals surface area contributed by atoms with Gasteiger partial charge in [-0.05, 0) is 18.6 Å². The van der Waals surface area contributed by atoms with Crippen molar-refractivity contribution >= 4 is 24.2 Å². The van der Waals surface area contributed by atoms with E-state index in [4.69, 9.17) is 12.6 Å². The van der Waals surface area contributed by atoms with Crippen LogP contribution < -0.4 is 5.32 Å². The number of nitrogens with zero attached hydrogens (tertiary/aromatic N) is 2. The summed E-state index contributed by atoms with van der Waals surface area (Å²) in [7, 11) is 1.87. The van der Waals surface area contributed by atoms with Crippen molar-refractivity contribution in [3.63, 3.8) is 0 Å². The minimum atomic E-state index is 0.620. The molecule has 0 amide bonds. The van der Waals surface area contributed by atoms with Gasteiger partial charge in [-0.3, -0.25) is 0 Å². The summed E-state index contributed by atoms with van der Waals surface area (Å²) < 4.78 is 3.69. The molecule has 49 valence electrons. The molecule has 1 radical (unpaired) electrons. The van der Waals surface area contributed by atoms with Crippen LogP contribution in [0.2, 0.25) is 0 Å². The van der Waals surface area contributed by atoms with Gasteiger partial charge in [-0.15, -0.1) is 5.10 Å². The van der Waals surface area contributed by atoms with E-state index >= 15 is 0 Å². The van der Waals surface area contributed by atoms with Crippen molar-refractivity contribution < 1.29 is 0 Å². The number of nitrogens with one attached hydrogen (secondary N) is 1. The van der Waals surface area contributed by atoms with E-state index in [1.54, 1.807) is 0 Å². The average Bonchev–Trinajstić information content (AvgIpc) is 2.18. The molecule has 0 spiro atoms. The largest absolute Gasteiger partial charge is 0.315 e. The summed E-state index contributed by atoms with van der Waals surface area (Å²) in [4.78, 5) is 1.03.